The molecule has 0 aliphatic rings. The quantitative estimate of drug-likeness (QED) is 0.711. The van der Waals surface area contributed by atoms with Gasteiger partial charge in [-0.2, -0.15) is 0 Å². The molecule has 17 heavy (non-hydrogen) atoms. The van der Waals surface area contributed by atoms with Crippen LogP contribution in [0.4, 0.5) is 5.82 Å². The highest BCUT2D eigenvalue weighted by atomic mass is 16.4. The lowest BCUT2D eigenvalue weighted by Crippen LogP contribution is -2.07. The van der Waals surface area contributed by atoms with E-state index in [1.54, 1.807) is 6.33 Å². The molecular formula is C12H19N3O2. The Bertz CT molecular complexity index is 369. The lowest BCUT2D eigenvalue weighted by molar-refractivity contribution is -0.137. The summed E-state index contributed by atoms with van der Waals surface area (Å²) in [5.41, 5.74) is 1.02. The molecule has 94 valence electrons. The van der Waals surface area contributed by atoms with E-state index in [0.717, 1.165) is 17.9 Å². The average Bonchev–Trinajstić information content (AvgIpc) is 2.34. The molecule has 5 heteroatoms. The number of carboxylic acids is 1. The summed E-state index contributed by atoms with van der Waals surface area (Å²) in [6.45, 7) is 4.85. The van der Waals surface area contributed by atoms with Crippen molar-refractivity contribution >= 4 is 11.8 Å². The molecule has 1 atom stereocenters. The number of hydrogen-bond acceptors (Lipinski definition) is 4. The summed E-state index contributed by atoms with van der Waals surface area (Å²) in [5.74, 6) is 0.410. The molecule has 1 rings (SSSR count). The minimum Gasteiger partial charge on any atom is -0.481 e. The van der Waals surface area contributed by atoms with Crippen molar-refractivity contribution in [3.63, 3.8) is 0 Å². The maximum Gasteiger partial charge on any atom is 0.303 e. The molecule has 0 saturated carbocycles. The Morgan fingerprint density at radius 3 is 2.94 bits per heavy atom. The van der Waals surface area contributed by atoms with Crippen molar-refractivity contribution in [2.45, 2.75) is 39.0 Å². The largest absolute Gasteiger partial charge is 0.481 e. The van der Waals surface area contributed by atoms with E-state index in [4.69, 9.17) is 5.11 Å². The Morgan fingerprint density at radius 1 is 1.53 bits per heavy atom. The number of aliphatic carboxylic acids is 1. The van der Waals surface area contributed by atoms with Crippen molar-refractivity contribution in [2.24, 2.45) is 0 Å². The van der Waals surface area contributed by atoms with Crippen molar-refractivity contribution in [3.05, 3.63) is 18.1 Å². The molecule has 0 aromatic carbocycles. The molecule has 0 bridgehead atoms. The smallest absolute Gasteiger partial charge is 0.303 e. The number of nitrogens with zero attached hydrogens (tertiary/aromatic N) is 2. The molecule has 0 amide bonds. The van der Waals surface area contributed by atoms with Crippen LogP contribution in [0.1, 0.15) is 44.7 Å². The normalized spacial score (nSPS) is 12.1. The zero-order valence-electron chi connectivity index (χ0n) is 10.3. The summed E-state index contributed by atoms with van der Waals surface area (Å²) in [6, 6.07) is 1.93. The minimum absolute atomic E-state index is 0.177. The molecule has 1 aromatic rings. The number of carboxylic acid groups (broad SMARTS) is 1. The van der Waals surface area contributed by atoms with Gasteiger partial charge >= 0.3 is 5.97 Å². The lowest BCUT2D eigenvalue weighted by Gasteiger charge is -2.09. The molecule has 0 saturated heterocycles. The number of nitrogens with one attached hydrogen (secondary N) is 1. The molecule has 0 aliphatic carbocycles. The number of hydrogen-bond donors (Lipinski definition) is 2. The van der Waals surface area contributed by atoms with Crippen LogP contribution in [0.2, 0.25) is 0 Å². The van der Waals surface area contributed by atoms with Crippen LogP contribution in [0.5, 0.6) is 0 Å². The van der Waals surface area contributed by atoms with Gasteiger partial charge in [-0.3, -0.25) is 4.79 Å². The molecule has 0 fully saturated rings. The van der Waals surface area contributed by atoms with Crippen LogP contribution in [0.15, 0.2) is 12.4 Å². The van der Waals surface area contributed by atoms with Crippen LogP contribution < -0.4 is 5.32 Å². The van der Waals surface area contributed by atoms with Crippen molar-refractivity contribution in [1.29, 1.82) is 0 Å². The number of aromatic nitrogens is 2. The molecule has 1 unspecified atom stereocenters. The Balaban J connectivity index is 2.45. The van der Waals surface area contributed by atoms with E-state index in [0.29, 0.717) is 18.9 Å². The fraction of sp³-hybridized carbons (Fsp3) is 0.583. The predicted octanol–water partition coefficient (Wildman–Crippen LogP) is 2.27. The molecule has 1 heterocycles. The number of anilines is 1. The van der Waals surface area contributed by atoms with Crippen molar-refractivity contribution in [2.75, 3.05) is 11.9 Å². The average molecular weight is 237 g/mol. The highest BCUT2D eigenvalue weighted by Gasteiger charge is 2.05. The second-order valence-electron chi connectivity index (χ2n) is 4.06. The van der Waals surface area contributed by atoms with E-state index < -0.39 is 5.97 Å². The highest BCUT2D eigenvalue weighted by molar-refractivity contribution is 5.66. The Kier molecular flexibility index (Phi) is 5.39. The SMILES string of the molecule is CCC(C)c1cc(NCCCC(=O)O)ncn1. The molecule has 2 N–H and O–H groups in total. The van der Waals surface area contributed by atoms with E-state index in [1.165, 1.54) is 0 Å². The maximum absolute atomic E-state index is 10.3. The van der Waals surface area contributed by atoms with E-state index in [-0.39, 0.29) is 6.42 Å². The molecule has 1 aromatic heterocycles. The first-order valence-corrected chi connectivity index (χ1v) is 5.91. The van der Waals surface area contributed by atoms with Crippen LogP contribution in [0, 0.1) is 0 Å². The predicted molar refractivity (Wildman–Crippen MR) is 66.1 cm³/mol. The fourth-order valence-electron chi connectivity index (χ4n) is 1.40. The van der Waals surface area contributed by atoms with Gasteiger partial charge in [0.2, 0.25) is 0 Å². The minimum atomic E-state index is -0.769. The third kappa shape index (κ3) is 4.80. The second kappa shape index (κ2) is 6.83. The van der Waals surface area contributed by atoms with Gasteiger partial charge in [-0.1, -0.05) is 13.8 Å². The summed E-state index contributed by atoms with van der Waals surface area (Å²) in [6.07, 6.45) is 3.35. The molecule has 0 spiro atoms. The Hall–Kier alpha value is -1.65. The van der Waals surface area contributed by atoms with Gasteiger partial charge in [0.25, 0.3) is 0 Å². The summed E-state index contributed by atoms with van der Waals surface area (Å²) in [5, 5.41) is 11.6. The Morgan fingerprint density at radius 2 is 2.29 bits per heavy atom. The second-order valence-corrected chi connectivity index (χ2v) is 4.06. The number of rotatable bonds is 7. The molecule has 0 aliphatic heterocycles. The molecular weight excluding hydrogens is 218 g/mol. The zero-order chi connectivity index (χ0) is 12.7. The van der Waals surface area contributed by atoms with Gasteiger partial charge in [0.1, 0.15) is 12.1 Å². The van der Waals surface area contributed by atoms with Crippen LogP contribution in [0.3, 0.4) is 0 Å². The van der Waals surface area contributed by atoms with E-state index in [9.17, 15) is 4.79 Å². The number of carbonyl (C=O) groups is 1. The third-order valence-corrected chi connectivity index (χ3v) is 2.68. The lowest BCUT2D eigenvalue weighted by atomic mass is 10.1. The van der Waals surface area contributed by atoms with Gasteiger partial charge in [0.15, 0.2) is 0 Å². The highest BCUT2D eigenvalue weighted by Crippen LogP contribution is 2.17. The first-order valence-electron chi connectivity index (χ1n) is 5.91. The van der Waals surface area contributed by atoms with Gasteiger partial charge in [0.05, 0.1) is 0 Å². The Labute approximate surface area is 101 Å². The van der Waals surface area contributed by atoms with E-state index >= 15 is 0 Å². The topological polar surface area (TPSA) is 75.1 Å². The first-order chi connectivity index (χ1) is 8.13. The monoisotopic (exact) mass is 237 g/mol. The summed E-state index contributed by atoms with van der Waals surface area (Å²) in [7, 11) is 0. The van der Waals surface area contributed by atoms with Gasteiger partial charge in [-0.15, -0.1) is 0 Å². The molecule has 0 radical (unpaired) electrons. The third-order valence-electron chi connectivity index (χ3n) is 2.68. The van der Waals surface area contributed by atoms with E-state index in [1.807, 2.05) is 6.07 Å². The van der Waals surface area contributed by atoms with Crippen LogP contribution in [-0.4, -0.2) is 27.6 Å². The van der Waals surface area contributed by atoms with Crippen LogP contribution in [0.25, 0.3) is 0 Å². The van der Waals surface area contributed by atoms with Gasteiger partial charge in [-0.05, 0) is 18.8 Å². The van der Waals surface area contributed by atoms with Crippen molar-refractivity contribution in [1.82, 2.24) is 9.97 Å². The van der Waals surface area contributed by atoms with Gasteiger partial charge < -0.3 is 10.4 Å². The summed E-state index contributed by atoms with van der Waals surface area (Å²) < 4.78 is 0. The summed E-state index contributed by atoms with van der Waals surface area (Å²) >= 11 is 0. The van der Waals surface area contributed by atoms with Gasteiger partial charge in [0, 0.05) is 24.7 Å². The zero-order valence-corrected chi connectivity index (χ0v) is 10.3. The summed E-state index contributed by atoms with van der Waals surface area (Å²) in [4.78, 5) is 18.7. The van der Waals surface area contributed by atoms with Gasteiger partial charge in [-0.25, -0.2) is 9.97 Å². The molecule has 5 nitrogen and oxygen atoms in total. The maximum atomic E-state index is 10.3. The first kappa shape index (κ1) is 13.4. The van der Waals surface area contributed by atoms with E-state index in [2.05, 4.69) is 29.1 Å². The van der Waals surface area contributed by atoms with Crippen molar-refractivity contribution < 1.29 is 9.90 Å². The van der Waals surface area contributed by atoms with Crippen LogP contribution >= 0.6 is 0 Å². The van der Waals surface area contributed by atoms with Crippen molar-refractivity contribution in [3.8, 4) is 0 Å². The van der Waals surface area contributed by atoms with Crippen LogP contribution in [-0.2, 0) is 4.79 Å². The fourth-order valence-corrected chi connectivity index (χ4v) is 1.40. The standard InChI is InChI=1S/C12H19N3O2/c1-3-9(2)10-7-11(15-8-14-10)13-6-4-5-12(16)17/h7-9H,3-6H2,1-2H3,(H,16,17)(H,13,14,15).